The molecule has 3 rings (SSSR count). The van der Waals surface area contributed by atoms with Gasteiger partial charge in [-0.25, -0.2) is 9.78 Å². The van der Waals surface area contributed by atoms with Gasteiger partial charge in [0.05, 0.1) is 23.5 Å². The third kappa shape index (κ3) is 3.38. The average Bonchev–Trinajstić information content (AvgIpc) is 3.04. The van der Waals surface area contributed by atoms with E-state index in [1.165, 1.54) is 24.2 Å². The standard InChI is InChI=1S/C17H26N2O3S/c1-5-21-14(20)13-12(2)18-15(23-13)19-10-16(3,4)22-17(11-19)8-6-7-9-17/h5-11H2,1-4H3. The van der Waals surface area contributed by atoms with Gasteiger partial charge in [0.25, 0.3) is 0 Å². The number of thiazole rings is 1. The molecular weight excluding hydrogens is 312 g/mol. The van der Waals surface area contributed by atoms with Crippen LogP contribution in [0, 0.1) is 6.92 Å². The number of anilines is 1. The first kappa shape index (κ1) is 16.7. The zero-order valence-electron chi connectivity index (χ0n) is 14.5. The van der Waals surface area contributed by atoms with Crippen LogP contribution in [0.5, 0.6) is 0 Å². The maximum atomic E-state index is 12.0. The van der Waals surface area contributed by atoms with Crippen LogP contribution in [0.3, 0.4) is 0 Å². The van der Waals surface area contributed by atoms with Gasteiger partial charge in [0, 0.05) is 13.1 Å². The van der Waals surface area contributed by atoms with Gasteiger partial charge in [-0.05, 0) is 40.5 Å². The Kier molecular flexibility index (Phi) is 4.40. The highest BCUT2D eigenvalue weighted by molar-refractivity contribution is 7.17. The SMILES string of the molecule is CCOC(=O)c1sc(N2CC(C)(C)OC3(CCCC3)C2)nc1C. The van der Waals surface area contributed by atoms with Crippen LogP contribution in [0.4, 0.5) is 5.13 Å². The number of aromatic nitrogens is 1. The summed E-state index contributed by atoms with van der Waals surface area (Å²) in [6.07, 6.45) is 4.69. The molecule has 128 valence electrons. The number of esters is 1. The second-order valence-corrected chi connectivity index (χ2v) is 8.22. The van der Waals surface area contributed by atoms with Crippen molar-refractivity contribution in [1.29, 1.82) is 0 Å². The van der Waals surface area contributed by atoms with E-state index in [-0.39, 0.29) is 17.2 Å². The quantitative estimate of drug-likeness (QED) is 0.789. The van der Waals surface area contributed by atoms with Crippen molar-refractivity contribution in [1.82, 2.24) is 4.98 Å². The molecule has 2 aliphatic rings. The molecule has 5 nitrogen and oxygen atoms in total. The normalized spacial score (nSPS) is 22.5. The van der Waals surface area contributed by atoms with E-state index < -0.39 is 0 Å². The molecule has 2 fully saturated rings. The van der Waals surface area contributed by atoms with Crippen molar-refractivity contribution in [3.05, 3.63) is 10.6 Å². The number of hydrogen-bond acceptors (Lipinski definition) is 6. The van der Waals surface area contributed by atoms with Crippen LogP contribution < -0.4 is 4.90 Å². The van der Waals surface area contributed by atoms with Crippen molar-refractivity contribution >= 4 is 22.4 Å². The second kappa shape index (κ2) is 6.06. The molecule has 0 atom stereocenters. The molecule has 0 amide bonds. The van der Waals surface area contributed by atoms with Crippen molar-refractivity contribution in [3.8, 4) is 0 Å². The largest absolute Gasteiger partial charge is 0.462 e. The molecular formula is C17H26N2O3S. The predicted molar refractivity (Wildman–Crippen MR) is 91.4 cm³/mol. The molecule has 1 saturated heterocycles. The average molecular weight is 338 g/mol. The van der Waals surface area contributed by atoms with Crippen molar-refractivity contribution in [3.63, 3.8) is 0 Å². The minimum atomic E-state index is -0.267. The van der Waals surface area contributed by atoms with Crippen LogP contribution >= 0.6 is 11.3 Å². The zero-order chi connectivity index (χ0) is 16.7. The molecule has 0 aromatic carbocycles. The number of rotatable bonds is 3. The van der Waals surface area contributed by atoms with Crippen molar-refractivity contribution in [2.45, 2.75) is 64.6 Å². The zero-order valence-corrected chi connectivity index (χ0v) is 15.3. The second-order valence-electron chi connectivity index (χ2n) is 7.24. The molecule has 0 unspecified atom stereocenters. The summed E-state index contributed by atoms with van der Waals surface area (Å²) in [5.74, 6) is -0.267. The van der Waals surface area contributed by atoms with Gasteiger partial charge >= 0.3 is 5.97 Å². The Labute approximate surface area is 142 Å². The van der Waals surface area contributed by atoms with E-state index in [1.54, 1.807) is 0 Å². The van der Waals surface area contributed by atoms with Gasteiger partial charge in [-0.3, -0.25) is 0 Å². The van der Waals surface area contributed by atoms with Crippen LogP contribution in [0.1, 0.15) is 61.8 Å². The van der Waals surface area contributed by atoms with Gasteiger partial charge in [0.1, 0.15) is 4.88 Å². The summed E-state index contributed by atoms with van der Waals surface area (Å²) in [5.41, 5.74) is 0.505. The molecule has 0 N–H and O–H groups in total. The molecule has 1 spiro atoms. The van der Waals surface area contributed by atoms with E-state index in [1.807, 2.05) is 13.8 Å². The van der Waals surface area contributed by atoms with Gasteiger partial charge in [-0.2, -0.15) is 0 Å². The van der Waals surface area contributed by atoms with Crippen LogP contribution in [0.2, 0.25) is 0 Å². The van der Waals surface area contributed by atoms with Gasteiger partial charge in [-0.15, -0.1) is 0 Å². The van der Waals surface area contributed by atoms with Gasteiger partial charge in [0.2, 0.25) is 0 Å². The van der Waals surface area contributed by atoms with Gasteiger partial charge in [-0.1, -0.05) is 24.2 Å². The number of aryl methyl sites for hydroxylation is 1. The van der Waals surface area contributed by atoms with E-state index in [0.29, 0.717) is 11.5 Å². The summed E-state index contributed by atoms with van der Waals surface area (Å²) >= 11 is 1.44. The van der Waals surface area contributed by atoms with Crippen molar-refractivity contribution in [2.24, 2.45) is 0 Å². The van der Waals surface area contributed by atoms with E-state index >= 15 is 0 Å². The van der Waals surface area contributed by atoms with E-state index in [0.717, 1.165) is 36.8 Å². The van der Waals surface area contributed by atoms with E-state index in [2.05, 4.69) is 23.7 Å². The fourth-order valence-corrected chi connectivity index (χ4v) is 4.79. The van der Waals surface area contributed by atoms with E-state index in [9.17, 15) is 4.79 Å². The number of carbonyl (C=O) groups excluding carboxylic acids is 1. The van der Waals surface area contributed by atoms with Crippen LogP contribution in [-0.4, -0.2) is 41.9 Å². The topological polar surface area (TPSA) is 51.7 Å². The summed E-state index contributed by atoms with van der Waals surface area (Å²) < 4.78 is 11.6. The molecule has 1 aliphatic carbocycles. The molecule has 2 heterocycles. The summed E-state index contributed by atoms with van der Waals surface area (Å²) in [6.45, 7) is 10.0. The Bertz CT molecular complexity index is 591. The van der Waals surface area contributed by atoms with Crippen molar-refractivity contribution < 1.29 is 14.3 Å². The first-order chi connectivity index (χ1) is 10.8. The molecule has 0 bridgehead atoms. The highest BCUT2D eigenvalue weighted by Crippen LogP contribution is 2.42. The van der Waals surface area contributed by atoms with Crippen LogP contribution in [-0.2, 0) is 9.47 Å². The van der Waals surface area contributed by atoms with Gasteiger partial charge in [0.15, 0.2) is 5.13 Å². The molecule has 23 heavy (non-hydrogen) atoms. The maximum absolute atomic E-state index is 12.0. The molecule has 1 saturated carbocycles. The molecule has 1 aromatic rings. The molecule has 0 radical (unpaired) electrons. The monoisotopic (exact) mass is 338 g/mol. The fourth-order valence-electron chi connectivity index (χ4n) is 3.83. The Balaban J connectivity index is 1.85. The highest BCUT2D eigenvalue weighted by atomic mass is 32.1. The smallest absolute Gasteiger partial charge is 0.350 e. The first-order valence-corrected chi connectivity index (χ1v) is 9.25. The van der Waals surface area contributed by atoms with E-state index in [4.69, 9.17) is 9.47 Å². The lowest BCUT2D eigenvalue weighted by atomic mass is 9.94. The van der Waals surface area contributed by atoms with Crippen molar-refractivity contribution in [2.75, 3.05) is 24.6 Å². The minimum absolute atomic E-state index is 0.0502. The number of ether oxygens (including phenoxy) is 2. The first-order valence-electron chi connectivity index (χ1n) is 8.44. The number of hydrogen-bond donors (Lipinski definition) is 0. The summed E-state index contributed by atoms with van der Waals surface area (Å²) in [6, 6.07) is 0. The highest BCUT2D eigenvalue weighted by Gasteiger charge is 2.46. The summed E-state index contributed by atoms with van der Waals surface area (Å²) in [4.78, 5) is 19.6. The molecule has 1 aromatic heterocycles. The van der Waals surface area contributed by atoms with Crippen LogP contribution in [0.25, 0.3) is 0 Å². The number of carbonyl (C=O) groups is 1. The minimum Gasteiger partial charge on any atom is -0.462 e. The third-order valence-electron chi connectivity index (χ3n) is 4.57. The van der Waals surface area contributed by atoms with Gasteiger partial charge < -0.3 is 14.4 Å². The van der Waals surface area contributed by atoms with Crippen LogP contribution in [0.15, 0.2) is 0 Å². The molecule has 1 aliphatic heterocycles. The lowest BCUT2D eigenvalue weighted by molar-refractivity contribution is -0.148. The lowest BCUT2D eigenvalue weighted by Crippen LogP contribution is -2.58. The number of nitrogens with zero attached hydrogens (tertiary/aromatic N) is 2. The Morgan fingerprint density at radius 3 is 2.70 bits per heavy atom. The summed E-state index contributed by atoms with van der Waals surface area (Å²) in [7, 11) is 0. The fraction of sp³-hybridized carbons (Fsp3) is 0.765. The third-order valence-corrected chi connectivity index (χ3v) is 5.77. The maximum Gasteiger partial charge on any atom is 0.350 e. The molecule has 6 heteroatoms. The lowest BCUT2D eigenvalue weighted by Gasteiger charge is -2.48. The summed E-state index contributed by atoms with van der Waals surface area (Å²) in [5, 5.41) is 0.910. The Hall–Kier alpha value is -1.14. The Morgan fingerprint density at radius 1 is 1.35 bits per heavy atom. The predicted octanol–water partition coefficient (Wildman–Crippen LogP) is 3.56. The Morgan fingerprint density at radius 2 is 2.04 bits per heavy atom. The number of morpholine rings is 1.